The van der Waals surface area contributed by atoms with E-state index in [9.17, 15) is 0 Å². The maximum absolute atomic E-state index is 6.06. The van der Waals surface area contributed by atoms with E-state index in [1.807, 2.05) is 12.5 Å². The van der Waals surface area contributed by atoms with Crippen LogP contribution in [0.25, 0.3) is 0 Å². The van der Waals surface area contributed by atoms with Crippen LogP contribution < -0.4 is 5.73 Å². The first-order valence-corrected chi connectivity index (χ1v) is 5.89. The molecule has 0 aliphatic heterocycles. The average Bonchev–Trinajstić information content (AvgIpc) is 2.74. The van der Waals surface area contributed by atoms with E-state index < -0.39 is 0 Å². The van der Waals surface area contributed by atoms with E-state index in [-0.39, 0.29) is 6.04 Å². The van der Waals surface area contributed by atoms with Crippen LogP contribution in [0.2, 0.25) is 0 Å². The summed E-state index contributed by atoms with van der Waals surface area (Å²) in [5.74, 6) is 0.655. The Kier molecular flexibility index (Phi) is 4.33. The summed E-state index contributed by atoms with van der Waals surface area (Å²) in [6.07, 6.45) is 5.94. The molecule has 3 atom stereocenters. The van der Waals surface area contributed by atoms with Crippen LogP contribution in [0.4, 0.5) is 0 Å². The van der Waals surface area contributed by atoms with Crippen LogP contribution in [-0.4, -0.2) is 9.55 Å². The molecule has 1 heterocycles. The van der Waals surface area contributed by atoms with Crippen molar-refractivity contribution in [1.29, 1.82) is 0 Å². The van der Waals surface area contributed by atoms with Crippen LogP contribution in [0.5, 0.6) is 0 Å². The molecule has 0 amide bonds. The summed E-state index contributed by atoms with van der Waals surface area (Å²) in [6, 6.07) is 0.587. The second-order valence-electron chi connectivity index (χ2n) is 4.37. The topological polar surface area (TPSA) is 43.8 Å². The van der Waals surface area contributed by atoms with E-state index >= 15 is 0 Å². The number of imidazole rings is 1. The monoisotopic (exact) mass is 209 g/mol. The summed E-state index contributed by atoms with van der Waals surface area (Å²) in [5.41, 5.74) is 7.22. The molecule has 0 aliphatic rings. The fourth-order valence-electron chi connectivity index (χ4n) is 1.77. The zero-order chi connectivity index (χ0) is 11.4. The molecule has 0 saturated heterocycles. The van der Waals surface area contributed by atoms with Crippen molar-refractivity contribution in [3.63, 3.8) is 0 Å². The molecule has 3 heteroatoms. The molecule has 3 nitrogen and oxygen atoms in total. The first-order chi connectivity index (χ1) is 7.11. The Labute approximate surface area is 92.7 Å². The van der Waals surface area contributed by atoms with E-state index in [1.54, 1.807) is 0 Å². The Hall–Kier alpha value is -0.830. The van der Waals surface area contributed by atoms with Crippen molar-refractivity contribution in [2.75, 3.05) is 0 Å². The van der Waals surface area contributed by atoms with Crippen molar-refractivity contribution in [3.8, 4) is 0 Å². The molecule has 0 spiro atoms. The molecule has 0 aliphatic carbocycles. The van der Waals surface area contributed by atoms with Gasteiger partial charge < -0.3 is 10.3 Å². The lowest BCUT2D eigenvalue weighted by molar-refractivity contribution is 0.356. The van der Waals surface area contributed by atoms with Gasteiger partial charge in [0.1, 0.15) is 0 Å². The van der Waals surface area contributed by atoms with Gasteiger partial charge in [0.15, 0.2) is 0 Å². The minimum atomic E-state index is 0.110. The molecule has 1 aromatic heterocycles. The normalized spacial score (nSPS) is 17.4. The molecule has 2 unspecified atom stereocenters. The molecule has 0 radical (unpaired) electrons. The first kappa shape index (κ1) is 12.2. The fraction of sp³-hybridized carbons (Fsp3) is 0.750. The summed E-state index contributed by atoms with van der Waals surface area (Å²) in [5, 5.41) is 0. The molecule has 86 valence electrons. The second-order valence-corrected chi connectivity index (χ2v) is 4.37. The van der Waals surface area contributed by atoms with E-state index in [0.717, 1.165) is 12.1 Å². The van der Waals surface area contributed by atoms with Crippen molar-refractivity contribution in [3.05, 3.63) is 18.2 Å². The van der Waals surface area contributed by atoms with Crippen LogP contribution in [-0.2, 0) is 0 Å². The Bertz CT molecular complexity index is 293. The standard InChI is InChI=1S/C12H23N3/c1-5-9(3)10(4)15-8-14-7-12(15)11(13)6-2/h7-11H,5-6,13H2,1-4H3/t9?,10?,11-/m1/s1. The SMILES string of the molecule is CCC(C)C(C)n1cncc1[C@H](N)CC. The minimum Gasteiger partial charge on any atom is -0.330 e. The molecular weight excluding hydrogens is 186 g/mol. The lowest BCUT2D eigenvalue weighted by atomic mass is 10.00. The molecule has 0 saturated carbocycles. The summed E-state index contributed by atoms with van der Waals surface area (Å²) >= 11 is 0. The van der Waals surface area contributed by atoms with Gasteiger partial charge in [-0.2, -0.15) is 0 Å². The van der Waals surface area contributed by atoms with Crippen molar-refractivity contribution >= 4 is 0 Å². The molecule has 0 fully saturated rings. The summed E-state index contributed by atoms with van der Waals surface area (Å²) in [6.45, 7) is 8.83. The second kappa shape index (κ2) is 5.31. The van der Waals surface area contributed by atoms with Gasteiger partial charge in [-0.3, -0.25) is 0 Å². The fourth-order valence-corrected chi connectivity index (χ4v) is 1.77. The third-order valence-corrected chi connectivity index (χ3v) is 3.42. The Balaban J connectivity index is 2.89. The van der Waals surface area contributed by atoms with Gasteiger partial charge in [0.05, 0.1) is 12.0 Å². The highest BCUT2D eigenvalue weighted by Crippen LogP contribution is 2.24. The van der Waals surface area contributed by atoms with Gasteiger partial charge >= 0.3 is 0 Å². The third kappa shape index (κ3) is 2.59. The molecular formula is C12H23N3. The summed E-state index contributed by atoms with van der Waals surface area (Å²) in [7, 11) is 0. The zero-order valence-electron chi connectivity index (χ0n) is 10.3. The van der Waals surface area contributed by atoms with E-state index in [2.05, 4.69) is 37.2 Å². The number of rotatable bonds is 5. The van der Waals surface area contributed by atoms with Gasteiger partial charge in [-0.25, -0.2) is 4.98 Å². The number of nitrogens with two attached hydrogens (primary N) is 1. The maximum Gasteiger partial charge on any atom is 0.0951 e. The molecule has 1 rings (SSSR count). The van der Waals surface area contributed by atoms with Crippen LogP contribution in [0.1, 0.15) is 58.3 Å². The predicted molar refractivity (Wildman–Crippen MR) is 63.6 cm³/mol. The van der Waals surface area contributed by atoms with E-state index in [0.29, 0.717) is 12.0 Å². The molecule has 0 aromatic carbocycles. The van der Waals surface area contributed by atoms with E-state index in [4.69, 9.17) is 5.73 Å². The lowest BCUT2D eigenvalue weighted by Gasteiger charge is -2.24. The first-order valence-electron chi connectivity index (χ1n) is 5.89. The maximum atomic E-state index is 6.06. The van der Waals surface area contributed by atoms with Crippen molar-refractivity contribution in [2.24, 2.45) is 11.7 Å². The Morgan fingerprint density at radius 1 is 1.33 bits per heavy atom. The van der Waals surface area contributed by atoms with Gasteiger partial charge in [0, 0.05) is 18.3 Å². The summed E-state index contributed by atoms with van der Waals surface area (Å²) in [4.78, 5) is 4.21. The number of hydrogen-bond donors (Lipinski definition) is 1. The number of nitrogens with zero attached hydrogens (tertiary/aromatic N) is 2. The number of hydrogen-bond acceptors (Lipinski definition) is 2. The van der Waals surface area contributed by atoms with Gasteiger partial charge in [0.25, 0.3) is 0 Å². The largest absolute Gasteiger partial charge is 0.330 e. The molecule has 1 aromatic rings. The van der Waals surface area contributed by atoms with Gasteiger partial charge in [-0.15, -0.1) is 0 Å². The highest BCUT2D eigenvalue weighted by atomic mass is 15.1. The Morgan fingerprint density at radius 3 is 2.53 bits per heavy atom. The van der Waals surface area contributed by atoms with Crippen LogP contribution in [0.3, 0.4) is 0 Å². The van der Waals surface area contributed by atoms with Crippen molar-refractivity contribution in [1.82, 2.24) is 9.55 Å². The lowest BCUT2D eigenvalue weighted by Crippen LogP contribution is -2.20. The van der Waals surface area contributed by atoms with Crippen molar-refractivity contribution < 1.29 is 0 Å². The Morgan fingerprint density at radius 2 is 2.00 bits per heavy atom. The molecule has 2 N–H and O–H groups in total. The predicted octanol–water partition coefficient (Wildman–Crippen LogP) is 2.90. The quantitative estimate of drug-likeness (QED) is 0.810. The molecule has 15 heavy (non-hydrogen) atoms. The highest BCUT2D eigenvalue weighted by molar-refractivity contribution is 5.05. The smallest absolute Gasteiger partial charge is 0.0951 e. The van der Waals surface area contributed by atoms with Crippen LogP contribution >= 0.6 is 0 Å². The van der Waals surface area contributed by atoms with Gasteiger partial charge in [-0.05, 0) is 19.3 Å². The third-order valence-electron chi connectivity index (χ3n) is 3.42. The summed E-state index contributed by atoms with van der Waals surface area (Å²) < 4.78 is 2.22. The van der Waals surface area contributed by atoms with Gasteiger partial charge in [-0.1, -0.05) is 27.2 Å². The molecule has 0 bridgehead atoms. The number of aromatic nitrogens is 2. The van der Waals surface area contributed by atoms with Gasteiger partial charge in [0.2, 0.25) is 0 Å². The zero-order valence-corrected chi connectivity index (χ0v) is 10.3. The average molecular weight is 209 g/mol. The minimum absolute atomic E-state index is 0.110. The van der Waals surface area contributed by atoms with Crippen molar-refractivity contribution in [2.45, 2.75) is 52.6 Å². The van der Waals surface area contributed by atoms with Crippen LogP contribution in [0.15, 0.2) is 12.5 Å². The highest BCUT2D eigenvalue weighted by Gasteiger charge is 2.17. The van der Waals surface area contributed by atoms with Crippen LogP contribution in [0, 0.1) is 5.92 Å². The van der Waals surface area contributed by atoms with E-state index in [1.165, 1.54) is 6.42 Å².